The lowest BCUT2D eigenvalue weighted by atomic mass is 10.2. The standard InChI is InChI=1S/C18H22N2O6S/c1-5-26-13-6-8-15(9-7-13)27(21,22)20-19-12-16-17(24-3)10-14(23-2)11-18(16)25-4/h6-12,20H,5H2,1-4H3/b19-12-. The van der Waals surface area contributed by atoms with Crippen LogP contribution in [0.5, 0.6) is 23.0 Å². The molecule has 27 heavy (non-hydrogen) atoms. The first kappa shape index (κ1) is 20.4. The van der Waals surface area contributed by atoms with Crippen LogP contribution < -0.4 is 23.8 Å². The Kier molecular flexibility index (Phi) is 6.89. The topological polar surface area (TPSA) is 95.5 Å². The van der Waals surface area contributed by atoms with Gasteiger partial charge in [-0.15, -0.1) is 0 Å². The lowest BCUT2D eigenvalue weighted by Crippen LogP contribution is -2.18. The van der Waals surface area contributed by atoms with Crippen molar-refractivity contribution in [2.45, 2.75) is 11.8 Å². The Morgan fingerprint density at radius 1 is 0.963 bits per heavy atom. The van der Waals surface area contributed by atoms with Gasteiger partial charge in [-0.25, -0.2) is 4.83 Å². The summed E-state index contributed by atoms with van der Waals surface area (Å²) >= 11 is 0. The highest BCUT2D eigenvalue weighted by molar-refractivity contribution is 7.89. The van der Waals surface area contributed by atoms with Crippen LogP contribution in [0, 0.1) is 0 Å². The molecule has 146 valence electrons. The summed E-state index contributed by atoms with van der Waals surface area (Å²) in [4.78, 5) is 2.23. The van der Waals surface area contributed by atoms with Crippen molar-refractivity contribution >= 4 is 16.2 Å². The first-order chi connectivity index (χ1) is 12.9. The Bertz CT molecular complexity index is 870. The van der Waals surface area contributed by atoms with Crippen molar-refractivity contribution in [3.8, 4) is 23.0 Å². The fraction of sp³-hybridized carbons (Fsp3) is 0.278. The SMILES string of the molecule is CCOc1ccc(S(=O)(=O)N/N=C\c2c(OC)cc(OC)cc2OC)cc1. The zero-order valence-corrected chi connectivity index (χ0v) is 16.4. The monoisotopic (exact) mass is 394 g/mol. The van der Waals surface area contributed by atoms with E-state index >= 15 is 0 Å². The molecule has 0 aliphatic rings. The average molecular weight is 394 g/mol. The van der Waals surface area contributed by atoms with Crippen molar-refractivity contribution < 1.29 is 27.4 Å². The minimum atomic E-state index is -3.82. The first-order valence-electron chi connectivity index (χ1n) is 8.03. The van der Waals surface area contributed by atoms with Gasteiger partial charge < -0.3 is 18.9 Å². The van der Waals surface area contributed by atoms with Crippen LogP contribution in [0.2, 0.25) is 0 Å². The van der Waals surface area contributed by atoms with E-state index in [1.54, 1.807) is 24.3 Å². The maximum atomic E-state index is 12.4. The van der Waals surface area contributed by atoms with E-state index in [1.807, 2.05) is 6.92 Å². The Morgan fingerprint density at radius 3 is 2.04 bits per heavy atom. The van der Waals surface area contributed by atoms with E-state index in [0.717, 1.165) is 0 Å². The number of benzene rings is 2. The summed E-state index contributed by atoms with van der Waals surface area (Å²) in [6.45, 7) is 2.35. The normalized spacial score (nSPS) is 11.3. The van der Waals surface area contributed by atoms with Crippen LogP contribution in [0.15, 0.2) is 46.4 Å². The van der Waals surface area contributed by atoms with E-state index in [0.29, 0.717) is 35.2 Å². The molecule has 8 nitrogen and oxygen atoms in total. The second-order valence-corrected chi connectivity index (χ2v) is 6.86. The number of hydrogen-bond acceptors (Lipinski definition) is 7. The molecule has 0 spiro atoms. The number of ether oxygens (including phenoxy) is 4. The van der Waals surface area contributed by atoms with Gasteiger partial charge in [0.2, 0.25) is 0 Å². The summed E-state index contributed by atoms with van der Waals surface area (Å²) in [6, 6.07) is 9.33. The number of nitrogens with zero attached hydrogens (tertiary/aromatic N) is 1. The maximum Gasteiger partial charge on any atom is 0.276 e. The molecule has 9 heteroatoms. The molecule has 0 atom stereocenters. The third-order valence-corrected chi connectivity index (χ3v) is 4.80. The van der Waals surface area contributed by atoms with Gasteiger partial charge in [-0.3, -0.25) is 0 Å². The van der Waals surface area contributed by atoms with Gasteiger partial charge in [-0.1, -0.05) is 0 Å². The van der Waals surface area contributed by atoms with Gasteiger partial charge in [-0.2, -0.15) is 13.5 Å². The van der Waals surface area contributed by atoms with Crippen LogP contribution in [0.3, 0.4) is 0 Å². The van der Waals surface area contributed by atoms with Gasteiger partial charge in [0, 0.05) is 12.1 Å². The number of rotatable bonds is 9. The summed E-state index contributed by atoms with van der Waals surface area (Å²) in [7, 11) is 0.660. The minimum absolute atomic E-state index is 0.0664. The van der Waals surface area contributed by atoms with Gasteiger partial charge in [-0.05, 0) is 31.2 Å². The molecule has 0 aromatic heterocycles. The summed E-state index contributed by atoms with van der Waals surface area (Å²) in [5.74, 6) is 1.98. The Morgan fingerprint density at radius 2 is 1.56 bits per heavy atom. The van der Waals surface area contributed by atoms with Crippen molar-refractivity contribution in [2.24, 2.45) is 5.10 Å². The van der Waals surface area contributed by atoms with Crippen LogP contribution >= 0.6 is 0 Å². The van der Waals surface area contributed by atoms with Crippen LogP contribution in [-0.2, 0) is 10.0 Å². The molecule has 0 fully saturated rings. The molecule has 0 aliphatic carbocycles. The van der Waals surface area contributed by atoms with Crippen LogP contribution in [0.1, 0.15) is 12.5 Å². The Balaban J connectivity index is 2.23. The maximum absolute atomic E-state index is 12.4. The zero-order valence-electron chi connectivity index (χ0n) is 15.6. The fourth-order valence-electron chi connectivity index (χ4n) is 2.25. The van der Waals surface area contributed by atoms with Gasteiger partial charge in [0.25, 0.3) is 10.0 Å². The van der Waals surface area contributed by atoms with Crippen molar-refractivity contribution in [3.05, 3.63) is 42.0 Å². The van der Waals surface area contributed by atoms with Gasteiger partial charge in [0.15, 0.2) is 0 Å². The Hall–Kier alpha value is -2.94. The van der Waals surface area contributed by atoms with Gasteiger partial charge in [0.05, 0.1) is 44.6 Å². The van der Waals surface area contributed by atoms with Crippen LogP contribution in [0.25, 0.3) is 0 Å². The van der Waals surface area contributed by atoms with Crippen molar-refractivity contribution in [1.82, 2.24) is 4.83 Å². The third kappa shape index (κ3) is 5.04. The van der Waals surface area contributed by atoms with E-state index in [1.165, 1.54) is 39.7 Å². The minimum Gasteiger partial charge on any atom is -0.496 e. The van der Waals surface area contributed by atoms with Gasteiger partial charge in [0.1, 0.15) is 23.0 Å². The van der Waals surface area contributed by atoms with E-state index in [4.69, 9.17) is 18.9 Å². The summed E-state index contributed by atoms with van der Waals surface area (Å²) in [5.41, 5.74) is 0.468. The molecule has 1 N–H and O–H groups in total. The average Bonchev–Trinajstić information content (AvgIpc) is 2.68. The highest BCUT2D eigenvalue weighted by Crippen LogP contribution is 2.32. The lowest BCUT2D eigenvalue weighted by molar-refractivity contribution is 0.340. The summed E-state index contributed by atoms with van der Waals surface area (Å²) in [6.07, 6.45) is 1.31. The number of hydrogen-bond donors (Lipinski definition) is 1. The second kappa shape index (κ2) is 9.13. The molecular formula is C18H22N2O6S. The van der Waals surface area contributed by atoms with Gasteiger partial charge >= 0.3 is 0 Å². The predicted molar refractivity (Wildman–Crippen MR) is 102 cm³/mol. The molecule has 2 aromatic rings. The van der Waals surface area contributed by atoms with E-state index in [-0.39, 0.29) is 4.90 Å². The zero-order chi connectivity index (χ0) is 19.9. The first-order valence-corrected chi connectivity index (χ1v) is 9.51. The predicted octanol–water partition coefficient (Wildman–Crippen LogP) is 2.42. The molecule has 0 amide bonds. The summed E-state index contributed by atoms with van der Waals surface area (Å²) < 4.78 is 45.8. The molecule has 0 radical (unpaired) electrons. The van der Waals surface area contributed by atoms with Crippen LogP contribution in [-0.4, -0.2) is 42.6 Å². The molecule has 0 aliphatic heterocycles. The fourth-order valence-corrected chi connectivity index (χ4v) is 3.05. The molecule has 0 bridgehead atoms. The quantitative estimate of drug-likeness (QED) is 0.518. The molecular weight excluding hydrogens is 372 g/mol. The molecule has 2 aromatic carbocycles. The number of methoxy groups -OCH3 is 3. The molecule has 0 heterocycles. The van der Waals surface area contributed by atoms with Crippen molar-refractivity contribution in [2.75, 3.05) is 27.9 Å². The van der Waals surface area contributed by atoms with E-state index in [2.05, 4.69) is 9.93 Å². The number of hydrazone groups is 1. The third-order valence-electron chi connectivity index (χ3n) is 3.56. The highest BCUT2D eigenvalue weighted by Gasteiger charge is 2.14. The van der Waals surface area contributed by atoms with Crippen molar-refractivity contribution in [3.63, 3.8) is 0 Å². The van der Waals surface area contributed by atoms with E-state index in [9.17, 15) is 8.42 Å². The lowest BCUT2D eigenvalue weighted by Gasteiger charge is -2.12. The number of sulfonamides is 1. The highest BCUT2D eigenvalue weighted by atomic mass is 32.2. The molecule has 0 saturated heterocycles. The van der Waals surface area contributed by atoms with E-state index < -0.39 is 10.0 Å². The van der Waals surface area contributed by atoms with Crippen molar-refractivity contribution in [1.29, 1.82) is 0 Å². The second-order valence-electron chi connectivity index (χ2n) is 5.20. The summed E-state index contributed by atoms with van der Waals surface area (Å²) in [5, 5.41) is 3.83. The molecule has 0 unspecified atom stereocenters. The molecule has 0 saturated carbocycles. The smallest absolute Gasteiger partial charge is 0.276 e. The molecule has 2 rings (SSSR count). The largest absolute Gasteiger partial charge is 0.496 e. The Labute approximate surface area is 158 Å². The number of nitrogens with one attached hydrogen (secondary N) is 1. The van der Waals surface area contributed by atoms with Crippen LogP contribution in [0.4, 0.5) is 0 Å².